The highest BCUT2D eigenvalue weighted by Gasteiger charge is 2.45. The van der Waals surface area contributed by atoms with Crippen LogP contribution in [0.1, 0.15) is 63.1 Å². The summed E-state index contributed by atoms with van der Waals surface area (Å²) in [5, 5.41) is 12.1. The topological polar surface area (TPSA) is 63.9 Å². The Morgan fingerprint density at radius 2 is 1.78 bits per heavy atom. The molecule has 4 heterocycles. The molecule has 3 atom stereocenters. The van der Waals surface area contributed by atoms with E-state index in [1.54, 1.807) is 0 Å². The molecule has 23 heavy (non-hydrogen) atoms. The van der Waals surface area contributed by atoms with E-state index in [1.165, 1.54) is 32.1 Å². The van der Waals surface area contributed by atoms with Gasteiger partial charge in [-0.25, -0.2) is 4.68 Å². The lowest BCUT2D eigenvalue weighted by Gasteiger charge is -2.39. The minimum absolute atomic E-state index is 0.122. The molecule has 6 heteroatoms. The summed E-state index contributed by atoms with van der Waals surface area (Å²) in [4.78, 5) is 15.6. The Morgan fingerprint density at radius 1 is 1.00 bits per heavy atom. The molecule has 1 aromatic rings. The predicted molar refractivity (Wildman–Crippen MR) is 83.5 cm³/mol. The fraction of sp³-hybridized carbons (Fsp3) is 0.882. The highest BCUT2D eigenvalue weighted by molar-refractivity contribution is 5.83. The number of carbonyl (C=O) groups excluding carboxylic acids is 1. The van der Waals surface area contributed by atoms with Crippen molar-refractivity contribution in [2.24, 2.45) is 17.8 Å². The third kappa shape index (κ3) is 2.29. The molecular weight excluding hydrogens is 290 g/mol. The van der Waals surface area contributed by atoms with Crippen LogP contribution in [0.2, 0.25) is 0 Å². The van der Waals surface area contributed by atoms with Crippen molar-refractivity contribution in [2.45, 2.75) is 69.9 Å². The zero-order chi connectivity index (χ0) is 15.4. The Bertz CT molecular complexity index is 600. The third-order valence-corrected chi connectivity index (χ3v) is 6.67. The van der Waals surface area contributed by atoms with Crippen molar-refractivity contribution in [1.82, 2.24) is 25.1 Å². The fourth-order valence-corrected chi connectivity index (χ4v) is 5.85. The highest BCUT2D eigenvalue weighted by atomic mass is 16.2. The molecule has 2 saturated carbocycles. The van der Waals surface area contributed by atoms with Gasteiger partial charge in [0.15, 0.2) is 5.82 Å². The lowest BCUT2D eigenvalue weighted by molar-refractivity contribution is -0.136. The van der Waals surface area contributed by atoms with Crippen molar-refractivity contribution >= 4 is 5.91 Å². The van der Waals surface area contributed by atoms with Gasteiger partial charge in [0.2, 0.25) is 5.91 Å². The van der Waals surface area contributed by atoms with Crippen LogP contribution in [-0.2, 0) is 11.3 Å². The average Bonchev–Trinajstić information content (AvgIpc) is 2.78. The standard InChI is InChI=1S/C17H25N5O/c23-17(15-3-1-2-4-22-16(15)18-19-20-22)21-10-13-6-11-5-12(7-13)9-14(21)8-11/h11-15H,1-10H2. The number of aryl methyl sites for hydroxylation is 1. The molecule has 124 valence electrons. The Morgan fingerprint density at radius 3 is 2.61 bits per heavy atom. The molecule has 6 rings (SSSR count). The number of rotatable bonds is 1. The van der Waals surface area contributed by atoms with Crippen LogP contribution in [0.3, 0.4) is 0 Å². The molecule has 2 saturated heterocycles. The van der Waals surface area contributed by atoms with Crippen molar-refractivity contribution in [3.05, 3.63) is 5.82 Å². The van der Waals surface area contributed by atoms with E-state index in [0.717, 1.165) is 55.9 Å². The number of hydrogen-bond acceptors (Lipinski definition) is 4. The summed E-state index contributed by atoms with van der Waals surface area (Å²) in [6.07, 6.45) is 9.62. The summed E-state index contributed by atoms with van der Waals surface area (Å²) < 4.78 is 1.86. The summed E-state index contributed by atoms with van der Waals surface area (Å²) in [7, 11) is 0. The Hall–Kier alpha value is -1.46. The number of carbonyl (C=O) groups is 1. The number of aromatic nitrogens is 4. The van der Waals surface area contributed by atoms with Gasteiger partial charge in [-0.15, -0.1) is 5.10 Å². The lowest BCUT2D eigenvalue weighted by atomic mass is 9.68. The van der Waals surface area contributed by atoms with E-state index in [-0.39, 0.29) is 5.92 Å². The molecule has 5 aliphatic rings. The SMILES string of the molecule is O=C(C1CCCCn2nnnc21)N1CC2CC3CC(C2)CC1C3. The quantitative estimate of drug-likeness (QED) is 0.795. The molecule has 1 aromatic heterocycles. The molecule has 4 fully saturated rings. The van der Waals surface area contributed by atoms with E-state index in [1.807, 2.05) is 4.68 Å². The number of amides is 1. The highest BCUT2D eigenvalue weighted by Crippen LogP contribution is 2.48. The monoisotopic (exact) mass is 315 g/mol. The summed E-state index contributed by atoms with van der Waals surface area (Å²) in [5.41, 5.74) is 0. The van der Waals surface area contributed by atoms with Crippen LogP contribution >= 0.6 is 0 Å². The van der Waals surface area contributed by atoms with E-state index in [9.17, 15) is 4.79 Å². The first-order valence-electron chi connectivity index (χ1n) is 9.34. The second kappa shape index (κ2) is 5.28. The van der Waals surface area contributed by atoms with Gasteiger partial charge in [0.25, 0.3) is 0 Å². The van der Waals surface area contributed by atoms with Crippen LogP contribution in [0.25, 0.3) is 0 Å². The van der Waals surface area contributed by atoms with E-state index in [0.29, 0.717) is 11.9 Å². The Balaban J connectivity index is 1.44. The third-order valence-electron chi connectivity index (χ3n) is 6.67. The van der Waals surface area contributed by atoms with Gasteiger partial charge < -0.3 is 4.90 Å². The summed E-state index contributed by atoms with van der Waals surface area (Å²) in [5.74, 6) is 3.46. The van der Waals surface area contributed by atoms with Gasteiger partial charge in [0.1, 0.15) is 0 Å². The smallest absolute Gasteiger partial charge is 0.233 e. The second-order valence-corrected chi connectivity index (χ2v) is 8.23. The first-order chi connectivity index (χ1) is 11.3. The predicted octanol–water partition coefficient (Wildman–Crippen LogP) is 1.98. The van der Waals surface area contributed by atoms with Crippen LogP contribution < -0.4 is 0 Å². The molecule has 4 bridgehead atoms. The maximum Gasteiger partial charge on any atom is 0.233 e. The van der Waals surface area contributed by atoms with Gasteiger partial charge in [0.05, 0.1) is 5.92 Å². The van der Waals surface area contributed by atoms with Crippen LogP contribution in [0.4, 0.5) is 0 Å². The van der Waals surface area contributed by atoms with Crippen molar-refractivity contribution in [2.75, 3.05) is 6.54 Å². The van der Waals surface area contributed by atoms with E-state index in [4.69, 9.17) is 0 Å². The first-order valence-corrected chi connectivity index (χ1v) is 9.34. The number of fused-ring (bicyclic) bond motifs is 2. The molecule has 6 nitrogen and oxygen atoms in total. The number of tetrazole rings is 1. The van der Waals surface area contributed by atoms with Crippen molar-refractivity contribution in [3.8, 4) is 0 Å². The molecule has 0 radical (unpaired) electrons. The van der Waals surface area contributed by atoms with Crippen LogP contribution in [-0.4, -0.2) is 43.6 Å². The lowest BCUT2D eigenvalue weighted by Crippen LogP contribution is -2.44. The molecule has 0 N–H and O–H groups in total. The van der Waals surface area contributed by atoms with Gasteiger partial charge in [-0.2, -0.15) is 0 Å². The van der Waals surface area contributed by atoms with Crippen molar-refractivity contribution < 1.29 is 4.79 Å². The van der Waals surface area contributed by atoms with E-state index in [2.05, 4.69) is 20.4 Å². The number of nitrogens with zero attached hydrogens (tertiary/aromatic N) is 5. The maximum absolute atomic E-state index is 13.4. The van der Waals surface area contributed by atoms with Gasteiger partial charge in [-0.05, 0) is 73.1 Å². The van der Waals surface area contributed by atoms with E-state index < -0.39 is 0 Å². The zero-order valence-electron chi connectivity index (χ0n) is 13.6. The second-order valence-electron chi connectivity index (χ2n) is 8.23. The normalized spacial score (nSPS) is 39.0. The minimum atomic E-state index is -0.122. The molecule has 2 aliphatic carbocycles. The Labute approximate surface area is 136 Å². The molecule has 0 aromatic carbocycles. The van der Waals surface area contributed by atoms with Crippen molar-refractivity contribution in [3.63, 3.8) is 0 Å². The fourth-order valence-electron chi connectivity index (χ4n) is 5.85. The van der Waals surface area contributed by atoms with Crippen LogP contribution in [0.5, 0.6) is 0 Å². The van der Waals surface area contributed by atoms with Gasteiger partial charge in [-0.1, -0.05) is 6.42 Å². The summed E-state index contributed by atoms with van der Waals surface area (Å²) in [6.45, 7) is 1.83. The molecular formula is C17H25N5O. The number of hydrogen-bond donors (Lipinski definition) is 0. The van der Waals surface area contributed by atoms with Crippen LogP contribution in [0, 0.1) is 17.8 Å². The molecule has 0 spiro atoms. The van der Waals surface area contributed by atoms with Crippen LogP contribution in [0.15, 0.2) is 0 Å². The molecule has 1 amide bonds. The minimum Gasteiger partial charge on any atom is -0.339 e. The Kier molecular flexibility index (Phi) is 3.20. The zero-order valence-corrected chi connectivity index (χ0v) is 13.6. The van der Waals surface area contributed by atoms with Gasteiger partial charge in [0, 0.05) is 19.1 Å². The molecule has 3 aliphatic heterocycles. The van der Waals surface area contributed by atoms with Crippen molar-refractivity contribution in [1.29, 1.82) is 0 Å². The first kappa shape index (κ1) is 13.9. The van der Waals surface area contributed by atoms with Gasteiger partial charge in [-0.3, -0.25) is 4.79 Å². The molecule has 3 unspecified atom stereocenters. The van der Waals surface area contributed by atoms with E-state index >= 15 is 0 Å². The summed E-state index contributed by atoms with van der Waals surface area (Å²) >= 11 is 0. The summed E-state index contributed by atoms with van der Waals surface area (Å²) in [6, 6.07) is 0.478. The van der Waals surface area contributed by atoms with Gasteiger partial charge >= 0.3 is 0 Å². The maximum atomic E-state index is 13.4. The average molecular weight is 315 g/mol. The largest absolute Gasteiger partial charge is 0.339 e.